The predicted octanol–water partition coefficient (Wildman–Crippen LogP) is 1.33. The fraction of sp³-hybridized carbons (Fsp3) is 0.769. The van der Waals surface area contributed by atoms with E-state index in [4.69, 9.17) is 0 Å². The molecule has 20 heavy (non-hydrogen) atoms. The van der Waals surface area contributed by atoms with Crippen molar-refractivity contribution in [2.45, 2.75) is 40.2 Å². The van der Waals surface area contributed by atoms with Gasteiger partial charge in [0.1, 0.15) is 0 Å². The molecule has 1 heterocycles. The van der Waals surface area contributed by atoms with Crippen LogP contribution in [0.5, 0.6) is 0 Å². The molecule has 1 unspecified atom stereocenters. The lowest BCUT2D eigenvalue weighted by atomic mass is 10.3. The van der Waals surface area contributed by atoms with E-state index in [1.807, 2.05) is 13.8 Å². The molecule has 7 heteroatoms. The average Bonchev–Trinajstić information content (AvgIpc) is 2.46. The second kappa shape index (κ2) is 8.52. The van der Waals surface area contributed by atoms with Crippen molar-refractivity contribution < 1.29 is 5.11 Å². The van der Waals surface area contributed by atoms with Crippen LogP contribution in [-0.4, -0.2) is 52.3 Å². The van der Waals surface area contributed by atoms with E-state index in [1.165, 1.54) is 0 Å². The van der Waals surface area contributed by atoms with Crippen molar-refractivity contribution in [3.63, 3.8) is 0 Å². The van der Waals surface area contributed by atoms with E-state index >= 15 is 0 Å². The smallest absolute Gasteiger partial charge is 0.231 e. The summed E-state index contributed by atoms with van der Waals surface area (Å²) in [7, 11) is 0. The zero-order valence-corrected chi connectivity index (χ0v) is 12.8. The number of aliphatic hydroxyl groups is 1. The van der Waals surface area contributed by atoms with E-state index in [0.29, 0.717) is 30.8 Å². The minimum absolute atomic E-state index is 0.397. The van der Waals surface area contributed by atoms with Gasteiger partial charge in [0.2, 0.25) is 17.8 Å². The van der Waals surface area contributed by atoms with Gasteiger partial charge in [0.05, 0.1) is 6.10 Å². The number of hydrogen-bond acceptors (Lipinski definition) is 7. The van der Waals surface area contributed by atoms with E-state index in [-0.39, 0.29) is 0 Å². The molecule has 1 aromatic rings. The Morgan fingerprint density at radius 3 is 2.10 bits per heavy atom. The quantitative estimate of drug-likeness (QED) is 0.630. The normalized spacial score (nSPS) is 12.1. The second-order valence-electron chi connectivity index (χ2n) is 4.43. The highest BCUT2D eigenvalue weighted by atomic mass is 16.3. The summed E-state index contributed by atoms with van der Waals surface area (Å²) < 4.78 is 0. The number of aliphatic hydroxyl groups excluding tert-OH is 1. The van der Waals surface area contributed by atoms with Gasteiger partial charge in [0.25, 0.3) is 0 Å². The van der Waals surface area contributed by atoms with E-state index in [9.17, 15) is 5.11 Å². The molecule has 0 bridgehead atoms. The van der Waals surface area contributed by atoms with Gasteiger partial charge in [-0.05, 0) is 27.2 Å². The van der Waals surface area contributed by atoms with Gasteiger partial charge in [-0.3, -0.25) is 0 Å². The maximum Gasteiger partial charge on any atom is 0.231 e. The summed E-state index contributed by atoms with van der Waals surface area (Å²) >= 11 is 0. The summed E-state index contributed by atoms with van der Waals surface area (Å²) in [4.78, 5) is 15.2. The molecule has 3 N–H and O–H groups in total. The molecule has 0 aliphatic carbocycles. The Bertz CT molecular complexity index is 396. The van der Waals surface area contributed by atoms with Gasteiger partial charge < -0.3 is 20.6 Å². The summed E-state index contributed by atoms with van der Waals surface area (Å²) in [6, 6.07) is 0. The van der Waals surface area contributed by atoms with Crippen molar-refractivity contribution in [1.29, 1.82) is 0 Å². The van der Waals surface area contributed by atoms with E-state index in [2.05, 4.69) is 44.3 Å². The average molecular weight is 282 g/mol. The molecule has 0 aliphatic heterocycles. The topological polar surface area (TPSA) is 86.2 Å². The zero-order valence-electron chi connectivity index (χ0n) is 12.8. The molecule has 0 saturated heterocycles. The predicted molar refractivity (Wildman–Crippen MR) is 82.3 cm³/mol. The van der Waals surface area contributed by atoms with Crippen LogP contribution in [-0.2, 0) is 0 Å². The van der Waals surface area contributed by atoms with Crippen molar-refractivity contribution >= 4 is 17.8 Å². The Balaban J connectivity index is 2.91. The molecule has 1 atom stereocenters. The zero-order chi connectivity index (χ0) is 15.0. The van der Waals surface area contributed by atoms with Gasteiger partial charge in [0.15, 0.2) is 0 Å². The van der Waals surface area contributed by atoms with E-state index < -0.39 is 6.10 Å². The molecule has 114 valence electrons. The summed E-state index contributed by atoms with van der Waals surface area (Å²) in [5.74, 6) is 1.69. The van der Waals surface area contributed by atoms with Gasteiger partial charge in [0, 0.05) is 26.2 Å². The van der Waals surface area contributed by atoms with Gasteiger partial charge in [-0.25, -0.2) is 0 Å². The van der Waals surface area contributed by atoms with Gasteiger partial charge >= 0.3 is 0 Å². The Labute approximate surface area is 120 Å². The van der Waals surface area contributed by atoms with Gasteiger partial charge in [-0.15, -0.1) is 0 Å². The Kier molecular flexibility index (Phi) is 7.00. The minimum atomic E-state index is -0.397. The van der Waals surface area contributed by atoms with Crippen molar-refractivity contribution in [1.82, 2.24) is 15.0 Å². The molecule has 1 aromatic heterocycles. The first-order chi connectivity index (χ1) is 9.64. The molecule has 0 radical (unpaired) electrons. The third-order valence-electron chi connectivity index (χ3n) is 2.97. The van der Waals surface area contributed by atoms with Crippen molar-refractivity contribution in [2.24, 2.45) is 0 Å². The lowest BCUT2D eigenvalue weighted by Gasteiger charge is -2.20. The first kappa shape index (κ1) is 16.4. The molecule has 0 aromatic carbocycles. The second-order valence-corrected chi connectivity index (χ2v) is 4.43. The summed E-state index contributed by atoms with van der Waals surface area (Å²) in [5, 5.41) is 15.8. The molecule has 0 amide bonds. The number of hydrogen-bond donors (Lipinski definition) is 3. The maximum atomic E-state index is 9.60. The monoisotopic (exact) mass is 282 g/mol. The summed E-state index contributed by atoms with van der Waals surface area (Å²) in [6.07, 6.45) is 0.299. The summed E-state index contributed by atoms with van der Waals surface area (Å²) in [6.45, 7) is 10.9. The molecule has 0 spiro atoms. The number of nitrogens with zero attached hydrogens (tertiary/aromatic N) is 4. The first-order valence-electron chi connectivity index (χ1n) is 7.31. The fourth-order valence-electron chi connectivity index (χ4n) is 1.68. The molecule has 1 rings (SSSR count). The van der Waals surface area contributed by atoms with Crippen LogP contribution in [0.4, 0.5) is 17.8 Å². The van der Waals surface area contributed by atoms with Crippen molar-refractivity contribution in [3.8, 4) is 0 Å². The van der Waals surface area contributed by atoms with Crippen molar-refractivity contribution in [3.05, 3.63) is 0 Å². The van der Waals surface area contributed by atoms with Crippen LogP contribution in [0.25, 0.3) is 0 Å². The third kappa shape index (κ3) is 4.80. The van der Waals surface area contributed by atoms with Crippen LogP contribution in [0.15, 0.2) is 0 Å². The van der Waals surface area contributed by atoms with E-state index in [0.717, 1.165) is 19.6 Å². The molecular weight excluding hydrogens is 256 g/mol. The van der Waals surface area contributed by atoms with Crippen LogP contribution in [0, 0.1) is 0 Å². The highest BCUT2D eigenvalue weighted by molar-refractivity contribution is 5.43. The largest absolute Gasteiger partial charge is 0.391 e. The summed E-state index contributed by atoms with van der Waals surface area (Å²) in [5.41, 5.74) is 0. The Morgan fingerprint density at radius 2 is 1.60 bits per heavy atom. The van der Waals surface area contributed by atoms with Crippen LogP contribution >= 0.6 is 0 Å². The minimum Gasteiger partial charge on any atom is -0.391 e. The lowest BCUT2D eigenvalue weighted by Crippen LogP contribution is -2.26. The number of anilines is 3. The van der Waals surface area contributed by atoms with Crippen LogP contribution in [0.3, 0.4) is 0 Å². The van der Waals surface area contributed by atoms with Crippen LogP contribution in [0.2, 0.25) is 0 Å². The van der Waals surface area contributed by atoms with Crippen molar-refractivity contribution in [2.75, 3.05) is 41.7 Å². The lowest BCUT2D eigenvalue weighted by molar-refractivity contribution is 0.183. The number of rotatable bonds is 9. The fourth-order valence-corrected chi connectivity index (χ4v) is 1.68. The Morgan fingerprint density at radius 1 is 1.00 bits per heavy atom. The standard InChI is InChI=1S/C13H26N6O/c1-5-10(20)9-15-12-16-11(14-6-2)17-13(18-12)19(7-3)8-4/h10,20H,5-9H2,1-4H3,(H2,14,15,16,17,18). The molecule has 7 nitrogen and oxygen atoms in total. The third-order valence-corrected chi connectivity index (χ3v) is 2.97. The van der Waals surface area contributed by atoms with Gasteiger partial charge in [-0.2, -0.15) is 15.0 Å². The first-order valence-corrected chi connectivity index (χ1v) is 7.31. The maximum absolute atomic E-state index is 9.60. The SMILES string of the molecule is CCNc1nc(NCC(O)CC)nc(N(CC)CC)n1. The van der Waals surface area contributed by atoms with Crippen LogP contribution in [0.1, 0.15) is 34.1 Å². The number of aromatic nitrogens is 3. The Hall–Kier alpha value is -1.63. The molecule has 0 fully saturated rings. The van der Waals surface area contributed by atoms with Gasteiger partial charge in [-0.1, -0.05) is 6.92 Å². The molecule has 0 saturated carbocycles. The van der Waals surface area contributed by atoms with Crippen LogP contribution < -0.4 is 15.5 Å². The molecular formula is C13H26N6O. The molecule has 0 aliphatic rings. The van der Waals surface area contributed by atoms with E-state index in [1.54, 1.807) is 0 Å². The highest BCUT2D eigenvalue weighted by Gasteiger charge is 2.11. The number of nitrogens with one attached hydrogen (secondary N) is 2. The highest BCUT2D eigenvalue weighted by Crippen LogP contribution is 2.13.